The molecule has 4 fully saturated rings. The van der Waals surface area contributed by atoms with Gasteiger partial charge >= 0.3 is 0 Å². The molecule has 7 atom stereocenters. The molecule has 0 aromatic heterocycles. The van der Waals surface area contributed by atoms with Crippen LogP contribution in [0.2, 0.25) is 0 Å². The number of hydrogen-bond acceptors (Lipinski definition) is 3. The number of nitrogens with one attached hydrogen (secondary N) is 2. The van der Waals surface area contributed by atoms with Crippen LogP contribution in [0.5, 0.6) is 0 Å². The van der Waals surface area contributed by atoms with Crippen LogP contribution in [-0.4, -0.2) is 54.1 Å². The fraction of sp³-hybridized carbons (Fsp3) is 0.913. The van der Waals surface area contributed by atoms with Crippen molar-refractivity contribution >= 4 is 11.8 Å². The summed E-state index contributed by atoms with van der Waals surface area (Å²) in [5, 5.41) is 6.77. The van der Waals surface area contributed by atoms with Gasteiger partial charge in [-0.3, -0.25) is 9.59 Å². The lowest BCUT2D eigenvalue weighted by atomic mass is 9.74. The average molecular weight is 408 g/mol. The van der Waals surface area contributed by atoms with Crippen molar-refractivity contribution in [3.05, 3.63) is 0 Å². The van der Waals surface area contributed by atoms with Gasteiger partial charge in [-0.1, -0.05) is 19.8 Å². The maximum absolute atomic E-state index is 14.3. The first-order valence-electron chi connectivity index (χ1n) is 11.9. The van der Waals surface area contributed by atoms with Gasteiger partial charge in [-0.2, -0.15) is 0 Å². The molecule has 0 radical (unpaired) electrons. The van der Waals surface area contributed by atoms with E-state index < -0.39 is 6.17 Å². The van der Waals surface area contributed by atoms with Gasteiger partial charge in [0.25, 0.3) is 0 Å². The van der Waals surface area contributed by atoms with Gasteiger partial charge < -0.3 is 15.5 Å². The van der Waals surface area contributed by atoms with Gasteiger partial charge in [0.15, 0.2) is 0 Å². The predicted molar refractivity (Wildman–Crippen MR) is 111 cm³/mol. The second-order valence-electron chi connectivity index (χ2n) is 10.2. The molecule has 0 bridgehead atoms. The molecule has 2 heterocycles. The van der Waals surface area contributed by atoms with Gasteiger partial charge in [-0.15, -0.1) is 0 Å². The highest BCUT2D eigenvalue weighted by atomic mass is 19.1. The lowest BCUT2D eigenvalue weighted by Gasteiger charge is -2.39. The molecule has 0 spiro atoms. The molecule has 2 N–H and O–H groups in total. The quantitative estimate of drug-likeness (QED) is 0.756. The Morgan fingerprint density at radius 1 is 1.00 bits per heavy atom. The first kappa shape index (κ1) is 21.1. The summed E-state index contributed by atoms with van der Waals surface area (Å²) in [7, 11) is 0. The molecule has 164 valence electrons. The largest absolute Gasteiger partial charge is 0.352 e. The van der Waals surface area contributed by atoms with Crippen LogP contribution in [0.4, 0.5) is 4.39 Å². The number of halogens is 1. The van der Waals surface area contributed by atoms with Crippen LogP contribution < -0.4 is 10.6 Å². The number of carbonyl (C=O) groups is 2. The Hall–Kier alpha value is -1.17. The number of piperidine rings is 1. The number of likely N-dealkylation sites (tertiary alicyclic amines) is 1. The van der Waals surface area contributed by atoms with Crippen LogP contribution in [-0.2, 0) is 9.59 Å². The molecule has 2 saturated heterocycles. The minimum absolute atomic E-state index is 0.0000602. The Labute approximate surface area is 174 Å². The second-order valence-corrected chi connectivity index (χ2v) is 10.2. The topological polar surface area (TPSA) is 61.4 Å². The summed E-state index contributed by atoms with van der Waals surface area (Å²) in [6.45, 7) is 5.60. The van der Waals surface area contributed by atoms with Gasteiger partial charge in [0.1, 0.15) is 6.17 Å². The molecule has 0 aromatic carbocycles. The number of rotatable bonds is 3. The number of fused-ring (bicyclic) bond motifs is 1. The molecule has 5 nitrogen and oxygen atoms in total. The smallest absolute Gasteiger partial charge is 0.237 e. The summed E-state index contributed by atoms with van der Waals surface area (Å²) < 4.78 is 14.3. The van der Waals surface area contributed by atoms with Crippen LogP contribution in [0.1, 0.15) is 71.6 Å². The van der Waals surface area contributed by atoms with Crippen molar-refractivity contribution in [3.8, 4) is 0 Å². The summed E-state index contributed by atoms with van der Waals surface area (Å²) >= 11 is 0. The third kappa shape index (κ3) is 4.62. The van der Waals surface area contributed by atoms with Crippen molar-refractivity contribution in [2.75, 3.05) is 13.1 Å². The number of nitrogens with zero attached hydrogens (tertiary/aromatic N) is 1. The Bertz CT molecular complexity index is 589. The Morgan fingerprint density at radius 2 is 1.76 bits per heavy atom. The van der Waals surface area contributed by atoms with E-state index in [1.54, 1.807) is 6.92 Å². The van der Waals surface area contributed by atoms with E-state index in [2.05, 4.69) is 17.6 Å². The van der Waals surface area contributed by atoms with E-state index in [-0.39, 0.29) is 35.9 Å². The summed E-state index contributed by atoms with van der Waals surface area (Å²) in [5.74, 6) is 2.04. The van der Waals surface area contributed by atoms with Gasteiger partial charge in [-0.05, 0) is 62.7 Å². The highest BCUT2D eigenvalue weighted by Crippen LogP contribution is 2.39. The minimum Gasteiger partial charge on any atom is -0.352 e. The molecule has 2 amide bonds. The zero-order valence-electron chi connectivity index (χ0n) is 18.0. The Kier molecular flexibility index (Phi) is 6.47. The monoisotopic (exact) mass is 407 g/mol. The lowest BCUT2D eigenvalue weighted by molar-refractivity contribution is -0.130. The van der Waals surface area contributed by atoms with E-state index in [0.29, 0.717) is 30.6 Å². The number of amides is 2. The van der Waals surface area contributed by atoms with E-state index in [1.807, 2.05) is 4.90 Å². The Balaban J connectivity index is 1.27. The van der Waals surface area contributed by atoms with E-state index in [1.165, 1.54) is 6.42 Å². The highest BCUT2D eigenvalue weighted by molar-refractivity contribution is 5.82. The van der Waals surface area contributed by atoms with Crippen molar-refractivity contribution in [3.63, 3.8) is 0 Å². The Morgan fingerprint density at radius 3 is 2.45 bits per heavy atom. The predicted octanol–water partition coefficient (Wildman–Crippen LogP) is 3.03. The van der Waals surface area contributed by atoms with E-state index >= 15 is 0 Å². The molecule has 4 rings (SSSR count). The van der Waals surface area contributed by atoms with Gasteiger partial charge in [-0.25, -0.2) is 4.39 Å². The van der Waals surface area contributed by atoms with E-state index in [9.17, 15) is 14.0 Å². The molecule has 5 unspecified atom stereocenters. The van der Waals surface area contributed by atoms with Crippen molar-refractivity contribution < 1.29 is 14.0 Å². The van der Waals surface area contributed by atoms with Crippen LogP contribution in [0.3, 0.4) is 0 Å². The lowest BCUT2D eigenvalue weighted by Crippen LogP contribution is -2.50. The zero-order valence-corrected chi connectivity index (χ0v) is 18.0. The van der Waals surface area contributed by atoms with Crippen LogP contribution >= 0.6 is 0 Å². The third-order valence-electron chi connectivity index (χ3n) is 8.37. The van der Waals surface area contributed by atoms with Crippen LogP contribution in [0.25, 0.3) is 0 Å². The summed E-state index contributed by atoms with van der Waals surface area (Å²) in [6, 6.07) is 0.165. The number of carbonyl (C=O) groups excluding carboxylic acids is 2. The van der Waals surface area contributed by atoms with E-state index in [0.717, 1.165) is 51.6 Å². The van der Waals surface area contributed by atoms with Crippen molar-refractivity contribution in [1.29, 1.82) is 0 Å². The van der Waals surface area contributed by atoms with E-state index in [4.69, 9.17) is 0 Å². The number of hydrogen-bond donors (Lipinski definition) is 2. The standard InChI is InChI=1S/C23H38FN3O2/c1-14-6-7-20(24)19-13-21(26-22(14)19)23(29)25-18-5-3-4-17(12-18)16-8-10-27(11-9-16)15(2)28/h14,16-22,26H,3-13H2,1-2H3,(H,25,29)/t14?,17-,18-,19?,20?,21?,22?/m1/s1. The molecular formula is C23H38FN3O2. The highest BCUT2D eigenvalue weighted by Gasteiger charge is 2.46. The molecule has 2 saturated carbocycles. The second kappa shape index (κ2) is 8.91. The molecule has 6 heteroatoms. The number of alkyl halides is 1. The van der Waals surface area contributed by atoms with Gasteiger partial charge in [0, 0.05) is 38.0 Å². The van der Waals surface area contributed by atoms with Crippen LogP contribution in [0.15, 0.2) is 0 Å². The first-order chi connectivity index (χ1) is 13.9. The summed E-state index contributed by atoms with van der Waals surface area (Å²) in [5.41, 5.74) is 0. The maximum atomic E-state index is 14.3. The average Bonchev–Trinajstić information content (AvgIpc) is 3.18. The molecule has 2 aliphatic heterocycles. The normalized spacial score (nSPS) is 41.1. The van der Waals surface area contributed by atoms with Crippen molar-refractivity contribution in [2.45, 2.75) is 95.9 Å². The first-order valence-corrected chi connectivity index (χ1v) is 11.9. The summed E-state index contributed by atoms with van der Waals surface area (Å²) in [6.07, 6.45) is 8.13. The van der Waals surface area contributed by atoms with Crippen LogP contribution in [0, 0.1) is 23.7 Å². The maximum Gasteiger partial charge on any atom is 0.237 e. The van der Waals surface area contributed by atoms with Crippen molar-refractivity contribution in [1.82, 2.24) is 15.5 Å². The van der Waals surface area contributed by atoms with Gasteiger partial charge in [0.2, 0.25) is 11.8 Å². The fourth-order valence-electron chi connectivity index (χ4n) is 6.57. The molecule has 2 aliphatic carbocycles. The van der Waals surface area contributed by atoms with Crippen molar-refractivity contribution in [2.24, 2.45) is 23.7 Å². The third-order valence-corrected chi connectivity index (χ3v) is 8.37. The SMILES string of the molecule is CC(=O)N1CCC([C@@H]2CCC[C@@H](NC(=O)C3CC4C(F)CCC(C)C4N3)C2)CC1. The summed E-state index contributed by atoms with van der Waals surface area (Å²) in [4.78, 5) is 26.5. The van der Waals surface area contributed by atoms with Gasteiger partial charge in [0.05, 0.1) is 6.04 Å². The molecule has 29 heavy (non-hydrogen) atoms. The molecular weight excluding hydrogens is 369 g/mol. The molecule has 0 aromatic rings. The fourth-order valence-corrected chi connectivity index (χ4v) is 6.57. The zero-order chi connectivity index (χ0) is 20.5. The minimum atomic E-state index is -0.763. The molecule has 4 aliphatic rings.